The van der Waals surface area contributed by atoms with E-state index in [-0.39, 0.29) is 11.9 Å². The van der Waals surface area contributed by atoms with Gasteiger partial charge in [0.25, 0.3) is 5.19 Å². The van der Waals surface area contributed by atoms with Crippen molar-refractivity contribution in [1.82, 2.24) is 14.6 Å². The van der Waals surface area contributed by atoms with Crippen LogP contribution in [0.4, 0.5) is 4.39 Å². The van der Waals surface area contributed by atoms with Gasteiger partial charge in [-0.05, 0) is 68.0 Å². The van der Waals surface area contributed by atoms with Crippen molar-refractivity contribution in [1.29, 1.82) is 0 Å². The van der Waals surface area contributed by atoms with Crippen LogP contribution in [-0.4, -0.2) is 49.2 Å². The van der Waals surface area contributed by atoms with Gasteiger partial charge >= 0.3 is 0 Å². The summed E-state index contributed by atoms with van der Waals surface area (Å²) >= 11 is 1.33. The molecule has 2 saturated heterocycles. The van der Waals surface area contributed by atoms with Crippen LogP contribution in [0.15, 0.2) is 42.5 Å². The van der Waals surface area contributed by atoms with Crippen molar-refractivity contribution < 1.29 is 17.5 Å². The van der Waals surface area contributed by atoms with Gasteiger partial charge in [-0.1, -0.05) is 23.5 Å². The molecule has 9 heteroatoms. The Labute approximate surface area is 191 Å². The van der Waals surface area contributed by atoms with Crippen LogP contribution in [0, 0.1) is 5.82 Å². The average molecular weight is 476 g/mol. The molecule has 5 rings (SSSR count). The van der Waals surface area contributed by atoms with Crippen LogP contribution >= 0.6 is 11.3 Å². The number of fused-ring (bicyclic) bond motifs is 3. The molecule has 2 atom stereocenters. The molecular weight excluding hydrogens is 449 g/mol. The van der Waals surface area contributed by atoms with Gasteiger partial charge < -0.3 is 4.74 Å². The fourth-order valence-electron chi connectivity index (χ4n) is 5.04. The quantitative estimate of drug-likeness (QED) is 0.551. The normalized spacial score (nSPS) is 23.6. The number of thiazole rings is 1. The van der Waals surface area contributed by atoms with E-state index in [4.69, 9.17) is 4.74 Å². The third-order valence-corrected chi connectivity index (χ3v) is 8.04. The van der Waals surface area contributed by atoms with E-state index < -0.39 is 10.0 Å². The lowest BCUT2D eigenvalue weighted by molar-refractivity contribution is 0.125. The van der Waals surface area contributed by atoms with Gasteiger partial charge in [-0.2, -0.15) is 0 Å². The van der Waals surface area contributed by atoms with E-state index in [0.717, 1.165) is 48.9 Å². The smallest absolute Gasteiger partial charge is 0.279 e. The molecule has 0 radical (unpaired) electrons. The fraction of sp³-hybridized carbons (Fsp3) is 0.435. The van der Waals surface area contributed by atoms with Gasteiger partial charge in [0, 0.05) is 24.7 Å². The number of halogens is 1. The molecule has 0 saturated carbocycles. The van der Waals surface area contributed by atoms with E-state index in [0.29, 0.717) is 23.0 Å². The molecule has 0 aliphatic carbocycles. The predicted molar refractivity (Wildman–Crippen MR) is 124 cm³/mol. The molecule has 2 aliphatic rings. The average Bonchev–Trinajstić information content (AvgIpc) is 3.22. The van der Waals surface area contributed by atoms with E-state index in [2.05, 4.69) is 26.7 Å². The number of hydrogen-bond donors (Lipinski definition) is 1. The number of hydrogen-bond acceptors (Lipinski definition) is 6. The number of nitrogens with zero attached hydrogens (tertiary/aromatic N) is 2. The van der Waals surface area contributed by atoms with Crippen LogP contribution < -0.4 is 9.46 Å². The van der Waals surface area contributed by atoms with Gasteiger partial charge in [0.2, 0.25) is 10.0 Å². The zero-order valence-electron chi connectivity index (χ0n) is 17.8. The summed E-state index contributed by atoms with van der Waals surface area (Å²) in [5.74, 6) is 0.433. The van der Waals surface area contributed by atoms with Crippen LogP contribution in [0.5, 0.6) is 10.9 Å². The maximum Gasteiger partial charge on any atom is 0.279 e. The van der Waals surface area contributed by atoms with Gasteiger partial charge in [-0.15, -0.1) is 0 Å². The first-order chi connectivity index (χ1) is 15.3. The number of rotatable bonds is 7. The first-order valence-electron chi connectivity index (χ1n) is 10.9. The minimum Gasteiger partial charge on any atom is -0.431 e. The molecule has 170 valence electrons. The molecule has 6 nitrogen and oxygen atoms in total. The van der Waals surface area contributed by atoms with Crippen LogP contribution in [0.2, 0.25) is 0 Å². The molecule has 3 heterocycles. The molecule has 2 unspecified atom stereocenters. The second-order valence-corrected chi connectivity index (χ2v) is 11.5. The summed E-state index contributed by atoms with van der Waals surface area (Å²) in [5.41, 5.74) is 1.97. The molecule has 1 N–H and O–H groups in total. The fourth-order valence-corrected chi connectivity index (χ4v) is 6.70. The Morgan fingerprint density at radius 3 is 2.56 bits per heavy atom. The predicted octanol–water partition coefficient (Wildman–Crippen LogP) is 4.31. The first kappa shape index (κ1) is 21.8. The maximum atomic E-state index is 13.4. The Balaban J connectivity index is 1.17. The van der Waals surface area contributed by atoms with Crippen molar-refractivity contribution in [2.24, 2.45) is 0 Å². The molecule has 3 aromatic rings. The lowest BCUT2D eigenvalue weighted by Gasteiger charge is -2.39. The summed E-state index contributed by atoms with van der Waals surface area (Å²) in [6.45, 7) is 0.977. The summed E-state index contributed by atoms with van der Waals surface area (Å²) in [6.07, 6.45) is 6.25. The number of aromatic nitrogens is 1. The lowest BCUT2D eigenvalue weighted by atomic mass is 9.97. The van der Waals surface area contributed by atoms with Crippen LogP contribution in [-0.2, 0) is 16.4 Å². The highest BCUT2D eigenvalue weighted by Gasteiger charge is 2.40. The summed E-state index contributed by atoms with van der Waals surface area (Å²) in [4.78, 5) is 6.96. The molecule has 2 aliphatic heterocycles. The van der Waals surface area contributed by atoms with Crippen molar-refractivity contribution in [2.45, 2.75) is 50.2 Å². The van der Waals surface area contributed by atoms with Gasteiger partial charge in [0.05, 0.1) is 16.5 Å². The zero-order chi connectivity index (χ0) is 22.3. The van der Waals surface area contributed by atoms with Crippen molar-refractivity contribution in [3.63, 3.8) is 0 Å². The SMILES string of the molecule is CS(=O)(=O)NC1CC2CCC(C1)N2CCc1ccc(Oc2nc3ccc(F)cc3s2)cc1. The Hall–Kier alpha value is -2.07. The molecule has 0 spiro atoms. The van der Waals surface area contributed by atoms with Crippen molar-refractivity contribution in [3.05, 3.63) is 53.8 Å². The summed E-state index contributed by atoms with van der Waals surface area (Å²) < 4.78 is 45.9. The summed E-state index contributed by atoms with van der Waals surface area (Å²) in [5, 5.41) is 0.500. The highest BCUT2D eigenvalue weighted by Crippen LogP contribution is 2.36. The largest absolute Gasteiger partial charge is 0.431 e. The Kier molecular flexibility index (Phi) is 5.92. The van der Waals surface area contributed by atoms with Crippen LogP contribution in [0.25, 0.3) is 10.2 Å². The van der Waals surface area contributed by atoms with Crippen molar-refractivity contribution in [2.75, 3.05) is 12.8 Å². The highest BCUT2D eigenvalue weighted by atomic mass is 32.2. The monoisotopic (exact) mass is 475 g/mol. The third kappa shape index (κ3) is 4.96. The number of piperidine rings is 1. The van der Waals surface area contributed by atoms with Gasteiger partial charge in [0.1, 0.15) is 11.6 Å². The molecule has 2 fully saturated rings. The summed E-state index contributed by atoms with van der Waals surface area (Å²) in [6, 6.07) is 13.5. The second kappa shape index (κ2) is 8.70. The highest BCUT2D eigenvalue weighted by molar-refractivity contribution is 7.88. The number of ether oxygens (including phenoxy) is 1. The van der Waals surface area contributed by atoms with Crippen molar-refractivity contribution in [3.8, 4) is 10.9 Å². The standard InChI is InChI=1S/C23H26FN3O3S2/c1-32(28,29)26-17-13-18-5-6-19(14-17)27(18)11-10-15-2-7-20(8-3-15)30-23-25-21-9-4-16(24)12-22(21)31-23/h2-4,7-9,12,17-19,26H,5-6,10-11,13-14H2,1H3. The first-order valence-corrected chi connectivity index (χ1v) is 13.6. The Bertz CT molecular complexity index is 1200. The maximum absolute atomic E-state index is 13.4. The van der Waals surface area contributed by atoms with E-state index in [1.165, 1.54) is 35.3 Å². The zero-order valence-corrected chi connectivity index (χ0v) is 19.5. The molecule has 1 aromatic heterocycles. The summed E-state index contributed by atoms with van der Waals surface area (Å²) in [7, 11) is -3.15. The molecule has 2 aromatic carbocycles. The number of benzene rings is 2. The molecular formula is C23H26FN3O3S2. The van der Waals surface area contributed by atoms with Gasteiger partial charge in [-0.25, -0.2) is 22.5 Å². The van der Waals surface area contributed by atoms with Crippen molar-refractivity contribution >= 4 is 31.6 Å². The lowest BCUT2D eigenvalue weighted by Crippen LogP contribution is -2.50. The number of nitrogens with one attached hydrogen (secondary N) is 1. The van der Waals surface area contributed by atoms with E-state index in [9.17, 15) is 12.8 Å². The van der Waals surface area contributed by atoms with Gasteiger partial charge in [-0.3, -0.25) is 4.90 Å². The van der Waals surface area contributed by atoms with E-state index in [1.807, 2.05) is 12.1 Å². The second-order valence-electron chi connectivity index (χ2n) is 8.77. The molecule has 32 heavy (non-hydrogen) atoms. The molecule has 2 bridgehead atoms. The molecule has 0 amide bonds. The Morgan fingerprint density at radius 1 is 1.16 bits per heavy atom. The van der Waals surface area contributed by atoms with Crippen LogP contribution in [0.1, 0.15) is 31.2 Å². The Morgan fingerprint density at radius 2 is 1.88 bits per heavy atom. The van der Waals surface area contributed by atoms with Gasteiger partial charge in [0.15, 0.2) is 0 Å². The minimum atomic E-state index is -3.15. The van der Waals surface area contributed by atoms with E-state index >= 15 is 0 Å². The topological polar surface area (TPSA) is 71.5 Å². The minimum absolute atomic E-state index is 0.0641. The van der Waals surface area contributed by atoms with E-state index in [1.54, 1.807) is 6.07 Å². The number of sulfonamides is 1. The van der Waals surface area contributed by atoms with Crippen LogP contribution in [0.3, 0.4) is 0 Å². The third-order valence-electron chi connectivity index (χ3n) is 6.38.